The number of nitro groups is 1. The Labute approximate surface area is 142 Å². The van der Waals surface area contributed by atoms with Crippen LogP contribution in [0.1, 0.15) is 24.5 Å². The number of benzene rings is 1. The first-order valence-electron chi connectivity index (χ1n) is 7.30. The van der Waals surface area contributed by atoms with Crippen LogP contribution in [0.2, 0.25) is 0 Å². The number of ether oxygens (including phenoxy) is 1. The molecule has 0 fully saturated rings. The number of nitro benzene ring substituents is 1. The van der Waals surface area contributed by atoms with Gasteiger partial charge in [0, 0.05) is 17.7 Å². The topological polar surface area (TPSA) is 137 Å². The molecule has 10 heteroatoms. The number of hydrogen-bond acceptors (Lipinski definition) is 8. The summed E-state index contributed by atoms with van der Waals surface area (Å²) in [5.41, 5.74) is 0.366. The number of esters is 1. The first-order valence-corrected chi connectivity index (χ1v) is 7.30. The number of aromatic nitrogens is 2. The van der Waals surface area contributed by atoms with E-state index in [1.165, 1.54) is 31.4 Å². The smallest absolute Gasteiger partial charge is 0.328 e. The molecule has 132 valence electrons. The van der Waals surface area contributed by atoms with Crippen LogP contribution in [0.5, 0.6) is 0 Å². The molecule has 1 aromatic heterocycles. The average molecular weight is 348 g/mol. The van der Waals surface area contributed by atoms with E-state index in [0.717, 1.165) is 0 Å². The molecule has 10 nitrogen and oxygen atoms in total. The zero-order valence-corrected chi connectivity index (χ0v) is 13.8. The van der Waals surface area contributed by atoms with Crippen molar-refractivity contribution in [2.24, 2.45) is 5.92 Å². The number of hydrogen-bond donors (Lipinski definition) is 1. The van der Waals surface area contributed by atoms with Gasteiger partial charge in [0.15, 0.2) is 0 Å². The van der Waals surface area contributed by atoms with E-state index in [9.17, 15) is 19.7 Å². The van der Waals surface area contributed by atoms with Gasteiger partial charge in [0.05, 0.1) is 12.0 Å². The maximum atomic E-state index is 12.2. The zero-order chi connectivity index (χ0) is 18.6. The number of rotatable bonds is 6. The third-order valence-electron chi connectivity index (χ3n) is 3.36. The number of amides is 1. The van der Waals surface area contributed by atoms with E-state index < -0.39 is 22.8 Å². The second kappa shape index (κ2) is 7.51. The van der Waals surface area contributed by atoms with Crippen LogP contribution >= 0.6 is 0 Å². The Bertz CT molecular complexity index is 784. The summed E-state index contributed by atoms with van der Waals surface area (Å²) in [6.45, 7) is 3.50. The Balaban J connectivity index is 2.15. The molecule has 0 spiro atoms. The Kier molecular flexibility index (Phi) is 5.42. The molecule has 0 bridgehead atoms. The lowest BCUT2D eigenvalue weighted by Crippen LogP contribution is -2.45. The predicted octanol–water partition coefficient (Wildman–Crippen LogP) is 1.57. The summed E-state index contributed by atoms with van der Waals surface area (Å²) in [5.74, 6) is -1.74. The van der Waals surface area contributed by atoms with Crippen LogP contribution in [0, 0.1) is 16.0 Å². The van der Waals surface area contributed by atoms with Gasteiger partial charge in [-0.05, 0) is 18.1 Å². The fourth-order valence-corrected chi connectivity index (χ4v) is 1.99. The van der Waals surface area contributed by atoms with E-state index in [1.807, 2.05) is 0 Å². The van der Waals surface area contributed by atoms with Crippen molar-refractivity contribution in [1.29, 1.82) is 0 Å². The highest BCUT2D eigenvalue weighted by Gasteiger charge is 2.27. The molecule has 0 aliphatic carbocycles. The molecule has 1 aromatic carbocycles. The minimum Gasteiger partial charge on any atom is -0.467 e. The quantitative estimate of drug-likeness (QED) is 0.472. The van der Waals surface area contributed by atoms with Gasteiger partial charge in [-0.2, -0.15) is 4.98 Å². The Hall–Kier alpha value is -3.30. The van der Waals surface area contributed by atoms with Gasteiger partial charge in [-0.25, -0.2) is 4.79 Å². The lowest BCUT2D eigenvalue weighted by Gasteiger charge is -2.18. The third kappa shape index (κ3) is 4.16. The Morgan fingerprint density at radius 1 is 1.28 bits per heavy atom. The number of carbonyl (C=O) groups excluding carboxylic acids is 2. The normalized spacial score (nSPS) is 11.8. The summed E-state index contributed by atoms with van der Waals surface area (Å²) in [7, 11) is 1.23. The van der Waals surface area contributed by atoms with Crippen LogP contribution in [0.15, 0.2) is 28.8 Å². The van der Waals surface area contributed by atoms with Crippen LogP contribution in [-0.4, -0.2) is 40.1 Å². The standard InChI is InChI=1S/C15H16N4O6/c1-8(2)11(15(21)24-3)16-13(20)14-17-12(18-25-14)9-4-6-10(7-5-9)19(22)23/h4-8,11H,1-3H3,(H,16,20)/t11-/m0/s1. The molecule has 0 aliphatic rings. The van der Waals surface area contributed by atoms with E-state index in [1.54, 1.807) is 13.8 Å². The molecule has 2 aromatic rings. The van der Waals surface area contributed by atoms with Crippen LogP contribution in [0.25, 0.3) is 11.4 Å². The van der Waals surface area contributed by atoms with E-state index >= 15 is 0 Å². The van der Waals surface area contributed by atoms with Crippen LogP contribution in [0.3, 0.4) is 0 Å². The van der Waals surface area contributed by atoms with Crippen LogP contribution in [0.4, 0.5) is 5.69 Å². The molecule has 2 rings (SSSR count). The minimum absolute atomic E-state index is 0.0805. The number of methoxy groups -OCH3 is 1. The highest BCUT2D eigenvalue weighted by atomic mass is 16.6. The average Bonchev–Trinajstić information content (AvgIpc) is 3.08. The summed E-state index contributed by atoms with van der Waals surface area (Å²) in [6.07, 6.45) is 0. The third-order valence-corrected chi connectivity index (χ3v) is 3.36. The van der Waals surface area contributed by atoms with Gasteiger partial charge >= 0.3 is 17.8 Å². The maximum absolute atomic E-state index is 12.2. The summed E-state index contributed by atoms with van der Waals surface area (Å²) < 4.78 is 9.53. The SMILES string of the molecule is COC(=O)[C@@H](NC(=O)c1nc(-c2ccc([N+](=O)[O-])cc2)no1)C(C)C. The molecule has 0 radical (unpaired) electrons. The van der Waals surface area contributed by atoms with Gasteiger partial charge in [0.1, 0.15) is 6.04 Å². The van der Waals surface area contributed by atoms with E-state index in [4.69, 9.17) is 4.52 Å². The molecular formula is C15H16N4O6. The molecule has 0 aliphatic heterocycles. The zero-order valence-electron chi connectivity index (χ0n) is 13.8. The molecule has 1 N–H and O–H groups in total. The molecule has 0 unspecified atom stereocenters. The van der Waals surface area contributed by atoms with Crippen LogP contribution in [-0.2, 0) is 9.53 Å². The Morgan fingerprint density at radius 2 is 1.92 bits per heavy atom. The predicted molar refractivity (Wildman–Crippen MR) is 84.5 cm³/mol. The minimum atomic E-state index is -0.854. The van der Waals surface area contributed by atoms with E-state index in [-0.39, 0.29) is 23.3 Å². The van der Waals surface area contributed by atoms with E-state index in [0.29, 0.717) is 5.56 Å². The van der Waals surface area contributed by atoms with Crippen molar-refractivity contribution in [3.05, 3.63) is 40.3 Å². The molecule has 1 amide bonds. The second-order valence-corrected chi connectivity index (χ2v) is 5.45. The van der Waals surface area contributed by atoms with Crippen LogP contribution < -0.4 is 5.32 Å². The number of nitrogens with one attached hydrogen (secondary N) is 1. The van der Waals surface area contributed by atoms with Gasteiger partial charge in [-0.15, -0.1) is 0 Å². The van der Waals surface area contributed by atoms with E-state index in [2.05, 4.69) is 20.2 Å². The highest BCUT2D eigenvalue weighted by Crippen LogP contribution is 2.20. The van der Waals surface area contributed by atoms with Crippen molar-refractivity contribution in [2.75, 3.05) is 7.11 Å². The second-order valence-electron chi connectivity index (χ2n) is 5.45. The van der Waals surface area contributed by atoms with Crippen molar-refractivity contribution < 1.29 is 23.8 Å². The van der Waals surface area contributed by atoms with Gasteiger partial charge in [-0.3, -0.25) is 14.9 Å². The summed E-state index contributed by atoms with van der Waals surface area (Å²) in [4.78, 5) is 37.9. The van der Waals surface area contributed by atoms with Crippen molar-refractivity contribution in [1.82, 2.24) is 15.5 Å². The molecule has 1 atom stereocenters. The lowest BCUT2D eigenvalue weighted by molar-refractivity contribution is -0.384. The fraction of sp³-hybridized carbons (Fsp3) is 0.333. The highest BCUT2D eigenvalue weighted by molar-refractivity contribution is 5.93. The number of non-ortho nitro benzene ring substituents is 1. The molecule has 1 heterocycles. The van der Waals surface area contributed by atoms with Gasteiger partial charge < -0.3 is 14.6 Å². The molecule has 0 saturated heterocycles. The fourth-order valence-electron chi connectivity index (χ4n) is 1.99. The maximum Gasteiger partial charge on any atom is 0.328 e. The van der Waals surface area contributed by atoms with Crippen molar-refractivity contribution in [2.45, 2.75) is 19.9 Å². The summed E-state index contributed by atoms with van der Waals surface area (Å²) in [6, 6.07) is 4.60. The lowest BCUT2D eigenvalue weighted by atomic mass is 10.0. The largest absolute Gasteiger partial charge is 0.467 e. The van der Waals surface area contributed by atoms with Gasteiger partial charge in [0.25, 0.3) is 5.69 Å². The van der Waals surface area contributed by atoms with Crippen molar-refractivity contribution in [3.8, 4) is 11.4 Å². The molecule has 0 saturated carbocycles. The first kappa shape index (κ1) is 18.0. The monoisotopic (exact) mass is 348 g/mol. The number of nitrogens with zero attached hydrogens (tertiary/aromatic N) is 3. The summed E-state index contributed by atoms with van der Waals surface area (Å²) >= 11 is 0. The van der Waals surface area contributed by atoms with Gasteiger partial charge in [0.2, 0.25) is 5.82 Å². The molecule has 25 heavy (non-hydrogen) atoms. The number of carbonyl (C=O) groups is 2. The van der Waals surface area contributed by atoms with Gasteiger partial charge in [-0.1, -0.05) is 19.0 Å². The molecular weight excluding hydrogens is 332 g/mol. The summed E-state index contributed by atoms with van der Waals surface area (Å²) in [5, 5.41) is 16.8. The first-order chi connectivity index (χ1) is 11.8. The Morgan fingerprint density at radius 3 is 2.44 bits per heavy atom. The van der Waals surface area contributed by atoms with Crippen molar-refractivity contribution >= 4 is 17.6 Å². The van der Waals surface area contributed by atoms with Crippen molar-refractivity contribution in [3.63, 3.8) is 0 Å².